The van der Waals surface area contributed by atoms with E-state index in [4.69, 9.17) is 10.8 Å². The fourth-order valence-electron chi connectivity index (χ4n) is 0.617. The van der Waals surface area contributed by atoms with E-state index in [1.54, 1.807) is 0 Å². The maximum absolute atomic E-state index is 10.3. The summed E-state index contributed by atoms with van der Waals surface area (Å²) in [7, 11) is 0. The summed E-state index contributed by atoms with van der Waals surface area (Å²) < 4.78 is 0. The molecule has 0 aliphatic heterocycles. The third-order valence-corrected chi connectivity index (χ3v) is 1.28. The van der Waals surface area contributed by atoms with Crippen LogP contribution in [-0.4, -0.2) is 38.8 Å². The summed E-state index contributed by atoms with van der Waals surface area (Å²) in [6.45, 7) is 0.0705. The van der Waals surface area contributed by atoms with Crippen molar-refractivity contribution in [2.75, 3.05) is 11.9 Å². The molecule has 0 aromatic carbocycles. The highest BCUT2D eigenvalue weighted by Crippen LogP contribution is 1.91. The van der Waals surface area contributed by atoms with Gasteiger partial charge in [-0.2, -0.15) is 5.10 Å². The summed E-state index contributed by atoms with van der Waals surface area (Å²) in [5.74, 6) is -0.810. The summed E-state index contributed by atoms with van der Waals surface area (Å²) in [6.07, 6.45) is 2.87. The molecule has 0 saturated heterocycles. The van der Waals surface area contributed by atoms with E-state index in [1.807, 2.05) is 0 Å². The first kappa shape index (κ1) is 9.33. The van der Waals surface area contributed by atoms with Crippen LogP contribution in [0.4, 0.5) is 5.95 Å². The van der Waals surface area contributed by atoms with Crippen molar-refractivity contribution in [3.05, 3.63) is 12.4 Å². The molecule has 0 bridgehead atoms. The maximum atomic E-state index is 10.3. The van der Waals surface area contributed by atoms with Crippen LogP contribution in [0.25, 0.3) is 0 Å². The van der Waals surface area contributed by atoms with Crippen LogP contribution in [-0.2, 0) is 4.79 Å². The monoisotopic (exact) mass is 183 g/mol. The van der Waals surface area contributed by atoms with Crippen molar-refractivity contribution in [3.63, 3.8) is 0 Å². The van der Waals surface area contributed by atoms with Crippen molar-refractivity contribution in [3.8, 4) is 0 Å². The normalized spacial score (nSPS) is 12.1. The van der Waals surface area contributed by atoms with Gasteiger partial charge in [-0.1, -0.05) is 0 Å². The number of nitrogens with one attached hydrogen (secondary N) is 1. The van der Waals surface area contributed by atoms with Crippen molar-refractivity contribution >= 4 is 11.9 Å². The summed E-state index contributed by atoms with van der Waals surface area (Å²) >= 11 is 0. The largest absolute Gasteiger partial charge is 0.480 e. The number of carbonyl (C=O) groups is 1. The molecule has 1 heterocycles. The Bertz CT molecular complexity index is 278. The molecule has 0 radical (unpaired) electrons. The molecule has 1 aromatic rings. The van der Waals surface area contributed by atoms with Crippen LogP contribution in [0.15, 0.2) is 12.4 Å². The summed E-state index contributed by atoms with van der Waals surface area (Å²) in [6, 6.07) is -0.969. The van der Waals surface area contributed by atoms with Crippen LogP contribution in [0.5, 0.6) is 0 Å². The lowest BCUT2D eigenvalue weighted by atomic mass is 10.3. The molecule has 1 atom stereocenters. The predicted molar refractivity (Wildman–Crippen MR) is 43.9 cm³/mol. The number of rotatable bonds is 4. The van der Waals surface area contributed by atoms with Gasteiger partial charge in [0.25, 0.3) is 0 Å². The quantitative estimate of drug-likeness (QED) is 0.531. The number of aromatic nitrogens is 3. The Morgan fingerprint density at radius 3 is 3.00 bits per heavy atom. The summed E-state index contributed by atoms with van der Waals surface area (Å²) in [5.41, 5.74) is 5.23. The van der Waals surface area contributed by atoms with Gasteiger partial charge >= 0.3 is 5.97 Å². The number of anilines is 1. The van der Waals surface area contributed by atoms with Gasteiger partial charge in [0, 0.05) is 6.54 Å². The van der Waals surface area contributed by atoms with Crippen molar-refractivity contribution in [2.45, 2.75) is 6.04 Å². The van der Waals surface area contributed by atoms with Gasteiger partial charge in [-0.25, -0.2) is 4.98 Å². The van der Waals surface area contributed by atoms with Gasteiger partial charge in [0.2, 0.25) is 5.95 Å². The van der Waals surface area contributed by atoms with E-state index in [0.29, 0.717) is 0 Å². The first-order chi connectivity index (χ1) is 6.20. The number of hydrogen-bond acceptors (Lipinski definition) is 6. The minimum Gasteiger partial charge on any atom is -0.480 e. The van der Waals surface area contributed by atoms with Gasteiger partial charge in [-0.05, 0) is 0 Å². The van der Waals surface area contributed by atoms with Crippen LogP contribution in [0.1, 0.15) is 0 Å². The second-order valence-electron chi connectivity index (χ2n) is 2.29. The molecule has 0 aliphatic rings. The third-order valence-electron chi connectivity index (χ3n) is 1.28. The fourth-order valence-corrected chi connectivity index (χ4v) is 0.617. The van der Waals surface area contributed by atoms with Crippen molar-refractivity contribution in [2.24, 2.45) is 5.73 Å². The van der Waals surface area contributed by atoms with E-state index in [2.05, 4.69) is 20.5 Å². The summed E-state index contributed by atoms with van der Waals surface area (Å²) in [5, 5.41) is 18.2. The van der Waals surface area contributed by atoms with Gasteiger partial charge in [-0.15, -0.1) is 5.10 Å². The Kier molecular flexibility index (Phi) is 3.09. The Labute approximate surface area is 74.0 Å². The second-order valence-corrected chi connectivity index (χ2v) is 2.29. The van der Waals surface area contributed by atoms with E-state index >= 15 is 0 Å². The highest BCUT2D eigenvalue weighted by atomic mass is 16.4. The Hall–Kier alpha value is -1.76. The van der Waals surface area contributed by atoms with Crippen molar-refractivity contribution in [1.29, 1.82) is 0 Å². The van der Waals surface area contributed by atoms with Gasteiger partial charge in [-0.3, -0.25) is 4.79 Å². The number of carboxylic acid groups (broad SMARTS) is 1. The van der Waals surface area contributed by atoms with Crippen LogP contribution in [0.3, 0.4) is 0 Å². The first-order valence-electron chi connectivity index (χ1n) is 3.56. The lowest BCUT2D eigenvalue weighted by Gasteiger charge is -2.06. The average Bonchev–Trinajstić information content (AvgIpc) is 2.15. The third kappa shape index (κ3) is 2.99. The predicted octanol–water partition coefficient (Wildman–Crippen LogP) is -1.30. The van der Waals surface area contributed by atoms with Gasteiger partial charge in [0.05, 0.1) is 12.4 Å². The average molecular weight is 183 g/mol. The number of aliphatic carboxylic acids is 1. The van der Waals surface area contributed by atoms with Gasteiger partial charge < -0.3 is 16.2 Å². The minimum absolute atomic E-state index is 0.0705. The van der Waals surface area contributed by atoms with E-state index in [0.717, 1.165) is 0 Å². The highest BCUT2D eigenvalue weighted by molar-refractivity contribution is 5.73. The number of hydrogen-bond donors (Lipinski definition) is 3. The fraction of sp³-hybridized carbons (Fsp3) is 0.333. The number of nitrogens with two attached hydrogens (primary N) is 1. The smallest absolute Gasteiger partial charge is 0.322 e. The van der Waals surface area contributed by atoms with E-state index < -0.39 is 12.0 Å². The molecule has 70 valence electrons. The zero-order valence-corrected chi connectivity index (χ0v) is 6.71. The van der Waals surface area contributed by atoms with Gasteiger partial charge in [0.15, 0.2) is 0 Å². The number of carboxylic acids is 1. The van der Waals surface area contributed by atoms with Crippen LogP contribution in [0, 0.1) is 0 Å². The lowest BCUT2D eigenvalue weighted by molar-refractivity contribution is -0.138. The molecule has 0 spiro atoms. The minimum atomic E-state index is -1.07. The van der Waals surface area contributed by atoms with Crippen molar-refractivity contribution < 1.29 is 9.90 Å². The molecule has 0 saturated carbocycles. The topological polar surface area (TPSA) is 114 Å². The van der Waals surface area contributed by atoms with Crippen LogP contribution in [0.2, 0.25) is 0 Å². The molecular formula is C6H9N5O2. The zero-order chi connectivity index (χ0) is 9.68. The van der Waals surface area contributed by atoms with Crippen LogP contribution >= 0.6 is 0 Å². The molecule has 4 N–H and O–H groups in total. The Balaban J connectivity index is 2.39. The lowest BCUT2D eigenvalue weighted by Crippen LogP contribution is -2.37. The standard InChI is InChI=1S/C6H9N5O2/c7-4(5(12)13)3-9-6-8-1-2-10-11-6/h1-2,4H,3,7H2,(H,12,13)(H,8,9,11)/t4-/m0/s1. The van der Waals surface area contributed by atoms with E-state index in [1.165, 1.54) is 12.4 Å². The molecule has 1 aromatic heterocycles. The molecular weight excluding hydrogens is 174 g/mol. The molecule has 7 heteroatoms. The maximum Gasteiger partial charge on any atom is 0.322 e. The van der Waals surface area contributed by atoms with E-state index in [9.17, 15) is 4.79 Å². The van der Waals surface area contributed by atoms with Crippen molar-refractivity contribution in [1.82, 2.24) is 15.2 Å². The second kappa shape index (κ2) is 4.31. The molecule has 0 aliphatic carbocycles. The Morgan fingerprint density at radius 1 is 1.69 bits per heavy atom. The zero-order valence-electron chi connectivity index (χ0n) is 6.71. The highest BCUT2D eigenvalue weighted by Gasteiger charge is 2.10. The van der Waals surface area contributed by atoms with Crippen LogP contribution < -0.4 is 11.1 Å². The first-order valence-corrected chi connectivity index (χ1v) is 3.56. The summed E-state index contributed by atoms with van der Waals surface area (Å²) in [4.78, 5) is 14.1. The molecule has 13 heavy (non-hydrogen) atoms. The Morgan fingerprint density at radius 2 is 2.46 bits per heavy atom. The van der Waals surface area contributed by atoms with E-state index in [-0.39, 0.29) is 12.5 Å². The molecule has 1 rings (SSSR count). The molecule has 0 amide bonds. The molecule has 0 unspecified atom stereocenters. The number of nitrogens with zero attached hydrogens (tertiary/aromatic N) is 3. The van der Waals surface area contributed by atoms with Gasteiger partial charge in [0.1, 0.15) is 6.04 Å². The molecule has 7 nitrogen and oxygen atoms in total. The molecule has 0 fully saturated rings. The SMILES string of the molecule is N[C@@H](CNc1nccnn1)C(=O)O.